The molecule has 0 aliphatic rings. The maximum Gasteiger partial charge on any atom is 0.160 e. The first kappa shape index (κ1) is 23.9. The van der Waals surface area contributed by atoms with Crippen molar-refractivity contribution in [2.24, 2.45) is 0 Å². The minimum atomic E-state index is 0.702. The number of aromatic nitrogens is 4. The van der Waals surface area contributed by atoms with Crippen LogP contribution in [0.5, 0.6) is 0 Å². The zero-order valence-electron chi connectivity index (χ0n) is 22.3. The molecule has 3 aromatic heterocycles. The third-order valence-electron chi connectivity index (χ3n) is 7.23. The third kappa shape index (κ3) is 4.30. The van der Waals surface area contributed by atoms with E-state index in [4.69, 9.17) is 19.9 Å². The van der Waals surface area contributed by atoms with E-state index < -0.39 is 0 Å². The van der Waals surface area contributed by atoms with Crippen LogP contribution in [0, 0.1) is 13.8 Å². The molecule has 0 saturated heterocycles. The van der Waals surface area contributed by atoms with Crippen molar-refractivity contribution in [1.82, 2.24) is 19.9 Å². The second-order valence-corrected chi connectivity index (χ2v) is 10.0. The molecule has 4 nitrogen and oxygen atoms in total. The molecule has 0 aliphatic carbocycles. The van der Waals surface area contributed by atoms with Crippen molar-refractivity contribution in [3.63, 3.8) is 0 Å². The lowest BCUT2D eigenvalue weighted by Gasteiger charge is -2.15. The molecular weight excluding hydrogens is 488 g/mol. The van der Waals surface area contributed by atoms with Crippen molar-refractivity contribution in [3.05, 3.63) is 133 Å². The lowest BCUT2D eigenvalue weighted by Crippen LogP contribution is -1.98. The molecule has 0 spiro atoms. The topological polar surface area (TPSA) is 51.6 Å². The fraction of sp³-hybridized carbons (Fsp3) is 0.0556. The fourth-order valence-electron chi connectivity index (χ4n) is 5.32. The molecule has 4 aromatic carbocycles. The van der Waals surface area contributed by atoms with E-state index in [0.717, 1.165) is 72.4 Å². The monoisotopic (exact) mass is 514 g/mol. The van der Waals surface area contributed by atoms with Crippen LogP contribution in [0.4, 0.5) is 0 Å². The lowest BCUT2D eigenvalue weighted by molar-refractivity contribution is 1.18. The molecule has 0 N–H and O–H groups in total. The predicted octanol–water partition coefficient (Wildman–Crippen LogP) is 8.86. The molecule has 0 unspecified atom stereocenters. The van der Waals surface area contributed by atoms with Gasteiger partial charge in [0.1, 0.15) is 0 Å². The van der Waals surface area contributed by atoms with E-state index in [2.05, 4.69) is 78.9 Å². The van der Waals surface area contributed by atoms with Crippen molar-refractivity contribution in [2.75, 3.05) is 0 Å². The van der Waals surface area contributed by atoms with E-state index in [0.29, 0.717) is 5.82 Å². The Morgan fingerprint density at radius 1 is 0.425 bits per heavy atom. The zero-order valence-corrected chi connectivity index (χ0v) is 22.3. The summed E-state index contributed by atoms with van der Waals surface area (Å²) in [6.45, 7) is 4.07. The van der Waals surface area contributed by atoms with Gasteiger partial charge in [-0.05, 0) is 43.2 Å². The summed E-state index contributed by atoms with van der Waals surface area (Å²) in [6.07, 6.45) is 0. The van der Waals surface area contributed by atoms with Gasteiger partial charge in [-0.2, -0.15) is 0 Å². The minimum absolute atomic E-state index is 0.702. The Kier molecular flexibility index (Phi) is 5.86. The molecule has 3 heterocycles. The van der Waals surface area contributed by atoms with E-state index in [1.807, 2.05) is 56.3 Å². The van der Waals surface area contributed by atoms with Crippen LogP contribution in [0.15, 0.2) is 121 Å². The number of aryl methyl sites for hydroxylation is 2. The van der Waals surface area contributed by atoms with Crippen molar-refractivity contribution in [1.29, 1.82) is 0 Å². The molecule has 0 amide bonds. The molecule has 4 heteroatoms. The van der Waals surface area contributed by atoms with Crippen LogP contribution in [0.1, 0.15) is 11.4 Å². The Morgan fingerprint density at radius 2 is 1.05 bits per heavy atom. The highest BCUT2D eigenvalue weighted by Crippen LogP contribution is 2.38. The lowest BCUT2D eigenvalue weighted by atomic mass is 9.93. The third-order valence-corrected chi connectivity index (χ3v) is 7.23. The Balaban J connectivity index is 1.49. The van der Waals surface area contributed by atoms with Gasteiger partial charge in [0.05, 0.1) is 22.4 Å². The van der Waals surface area contributed by atoms with E-state index in [9.17, 15) is 0 Å². The number of hydrogen-bond acceptors (Lipinski definition) is 4. The minimum Gasteiger partial charge on any atom is -0.251 e. The van der Waals surface area contributed by atoms with Crippen molar-refractivity contribution in [3.8, 4) is 45.0 Å². The van der Waals surface area contributed by atoms with Crippen LogP contribution < -0.4 is 0 Å². The molecule has 0 fully saturated rings. The maximum atomic E-state index is 5.11. The van der Waals surface area contributed by atoms with Gasteiger partial charge in [-0.25, -0.2) is 9.97 Å². The van der Waals surface area contributed by atoms with E-state index in [-0.39, 0.29) is 0 Å². The Morgan fingerprint density at radius 3 is 1.82 bits per heavy atom. The average Bonchev–Trinajstić information content (AvgIpc) is 3.01. The van der Waals surface area contributed by atoms with Crippen molar-refractivity contribution >= 4 is 21.8 Å². The van der Waals surface area contributed by atoms with E-state index in [1.54, 1.807) is 0 Å². The van der Waals surface area contributed by atoms with Crippen LogP contribution in [-0.2, 0) is 0 Å². The van der Waals surface area contributed by atoms with E-state index >= 15 is 0 Å². The quantitative estimate of drug-likeness (QED) is 0.220. The number of nitrogens with zero attached hydrogens (tertiary/aromatic N) is 4. The first-order valence-electron chi connectivity index (χ1n) is 13.4. The summed E-state index contributed by atoms with van der Waals surface area (Å²) in [5.41, 5.74) is 10.8. The Labute approximate surface area is 233 Å². The normalized spacial score (nSPS) is 11.2. The van der Waals surface area contributed by atoms with Crippen LogP contribution in [-0.4, -0.2) is 19.9 Å². The molecule has 7 aromatic rings. The highest BCUT2D eigenvalue weighted by molar-refractivity contribution is 6.09. The SMILES string of the molecule is Cc1ccc2ccc3c(-c4ccccc4-c4cc(-c5ccccc5)nc(-c5ccccc5)n4)cc(C)nc3c2n1. The van der Waals surface area contributed by atoms with Gasteiger partial charge in [-0.1, -0.05) is 103 Å². The molecule has 0 atom stereocenters. The fourth-order valence-corrected chi connectivity index (χ4v) is 5.32. The van der Waals surface area contributed by atoms with Gasteiger partial charge in [-0.15, -0.1) is 0 Å². The summed E-state index contributed by atoms with van der Waals surface area (Å²) in [5.74, 6) is 0.702. The van der Waals surface area contributed by atoms with Gasteiger partial charge in [0.15, 0.2) is 5.82 Å². The van der Waals surface area contributed by atoms with Gasteiger partial charge in [-0.3, -0.25) is 9.97 Å². The average molecular weight is 515 g/mol. The van der Waals surface area contributed by atoms with Crippen LogP contribution in [0.2, 0.25) is 0 Å². The standard InChI is InChI=1S/C36H26N4/c1-23-17-18-26-19-20-30-31(21-24(2)38-35(30)34(26)37-23)28-15-9-10-16-29(28)33-22-32(25-11-5-3-6-12-25)39-36(40-33)27-13-7-4-8-14-27/h3-22H,1-2H3. The summed E-state index contributed by atoms with van der Waals surface area (Å²) in [5, 5.41) is 2.16. The van der Waals surface area contributed by atoms with Crippen LogP contribution in [0.25, 0.3) is 66.8 Å². The molecule has 0 bridgehead atoms. The molecule has 40 heavy (non-hydrogen) atoms. The molecule has 0 saturated carbocycles. The first-order chi connectivity index (χ1) is 19.6. The van der Waals surface area contributed by atoms with Crippen LogP contribution in [0.3, 0.4) is 0 Å². The second-order valence-electron chi connectivity index (χ2n) is 10.0. The number of benzene rings is 4. The predicted molar refractivity (Wildman–Crippen MR) is 164 cm³/mol. The summed E-state index contributed by atoms with van der Waals surface area (Å²) in [6, 6.07) is 41.6. The smallest absolute Gasteiger partial charge is 0.160 e. The van der Waals surface area contributed by atoms with Gasteiger partial charge in [0.25, 0.3) is 0 Å². The van der Waals surface area contributed by atoms with Crippen molar-refractivity contribution in [2.45, 2.75) is 13.8 Å². The van der Waals surface area contributed by atoms with Gasteiger partial charge in [0, 0.05) is 38.9 Å². The highest BCUT2D eigenvalue weighted by atomic mass is 14.9. The molecular formula is C36H26N4. The zero-order chi connectivity index (χ0) is 27.1. The number of hydrogen-bond donors (Lipinski definition) is 0. The number of fused-ring (bicyclic) bond motifs is 3. The largest absolute Gasteiger partial charge is 0.251 e. The molecule has 0 radical (unpaired) electrons. The first-order valence-corrected chi connectivity index (χ1v) is 13.4. The van der Waals surface area contributed by atoms with Gasteiger partial charge >= 0.3 is 0 Å². The second kappa shape index (κ2) is 9.83. The molecule has 190 valence electrons. The van der Waals surface area contributed by atoms with Crippen molar-refractivity contribution < 1.29 is 0 Å². The maximum absolute atomic E-state index is 5.11. The van der Waals surface area contributed by atoms with Gasteiger partial charge in [0.2, 0.25) is 0 Å². The van der Waals surface area contributed by atoms with Crippen LogP contribution >= 0.6 is 0 Å². The summed E-state index contributed by atoms with van der Waals surface area (Å²) in [4.78, 5) is 19.9. The summed E-state index contributed by atoms with van der Waals surface area (Å²) in [7, 11) is 0. The molecule has 7 rings (SSSR count). The summed E-state index contributed by atoms with van der Waals surface area (Å²) < 4.78 is 0. The van der Waals surface area contributed by atoms with E-state index in [1.165, 1.54) is 0 Å². The summed E-state index contributed by atoms with van der Waals surface area (Å²) >= 11 is 0. The highest BCUT2D eigenvalue weighted by Gasteiger charge is 2.17. The number of rotatable bonds is 4. The Bertz CT molecular complexity index is 1960. The van der Waals surface area contributed by atoms with Gasteiger partial charge < -0.3 is 0 Å². The number of pyridine rings is 2. The molecule has 0 aliphatic heterocycles. The Hall–Kier alpha value is -5.22.